The lowest BCUT2D eigenvalue weighted by Gasteiger charge is -2.29. The normalized spacial score (nSPS) is 26.0. The summed E-state index contributed by atoms with van der Waals surface area (Å²) < 4.78 is 0. The van der Waals surface area contributed by atoms with Crippen LogP contribution >= 0.6 is 0 Å². The molecule has 0 spiro atoms. The molecule has 3 rings (SSSR count). The molecule has 2 saturated heterocycles. The fourth-order valence-electron chi connectivity index (χ4n) is 2.98. The molecule has 0 saturated carbocycles. The Bertz CT molecular complexity index is 414. The quantitative estimate of drug-likeness (QED) is 0.856. The first kappa shape index (κ1) is 12.8. The van der Waals surface area contributed by atoms with E-state index in [0.717, 1.165) is 45.0 Å². The number of rotatable bonds is 2. The van der Waals surface area contributed by atoms with E-state index in [0.29, 0.717) is 5.92 Å². The average molecular weight is 262 g/mol. The second-order valence-corrected chi connectivity index (χ2v) is 5.78. The minimum atomic E-state index is -0.149. The maximum atomic E-state index is 9.51. The highest BCUT2D eigenvalue weighted by Gasteiger charge is 2.23. The van der Waals surface area contributed by atoms with Gasteiger partial charge in [-0.2, -0.15) is 0 Å². The minimum Gasteiger partial charge on any atom is -0.393 e. The average Bonchev–Trinajstić information content (AvgIpc) is 2.87. The smallest absolute Gasteiger partial charge is 0.225 e. The molecule has 2 aliphatic rings. The molecule has 3 heterocycles. The van der Waals surface area contributed by atoms with Gasteiger partial charge in [0.1, 0.15) is 0 Å². The van der Waals surface area contributed by atoms with E-state index >= 15 is 0 Å². The van der Waals surface area contributed by atoms with Crippen LogP contribution in [0.25, 0.3) is 0 Å². The van der Waals surface area contributed by atoms with Gasteiger partial charge in [-0.3, -0.25) is 0 Å². The van der Waals surface area contributed by atoms with E-state index in [9.17, 15) is 5.11 Å². The van der Waals surface area contributed by atoms with Crippen LogP contribution in [0.5, 0.6) is 0 Å². The van der Waals surface area contributed by atoms with Crippen molar-refractivity contribution in [1.29, 1.82) is 0 Å². The Kier molecular flexibility index (Phi) is 3.66. The van der Waals surface area contributed by atoms with Crippen LogP contribution in [0.1, 0.15) is 30.7 Å². The van der Waals surface area contributed by atoms with E-state index < -0.39 is 0 Å². The fraction of sp³-hybridized carbons (Fsp3) is 0.714. The van der Waals surface area contributed by atoms with Gasteiger partial charge in [-0.15, -0.1) is 0 Å². The van der Waals surface area contributed by atoms with E-state index in [-0.39, 0.29) is 6.10 Å². The molecule has 1 aromatic rings. The molecular weight excluding hydrogens is 240 g/mol. The number of likely N-dealkylation sites (N-methyl/N-ethyl adjacent to an activating group) is 1. The van der Waals surface area contributed by atoms with Crippen molar-refractivity contribution in [3.05, 3.63) is 18.0 Å². The lowest BCUT2D eigenvalue weighted by atomic mass is 10.0. The maximum absolute atomic E-state index is 9.51. The molecule has 104 valence electrons. The summed E-state index contributed by atoms with van der Waals surface area (Å²) in [6.07, 6.45) is 6.66. The van der Waals surface area contributed by atoms with Crippen molar-refractivity contribution >= 4 is 5.95 Å². The molecule has 1 unspecified atom stereocenters. The third-order valence-corrected chi connectivity index (χ3v) is 4.27. The third-order valence-electron chi connectivity index (χ3n) is 4.27. The van der Waals surface area contributed by atoms with Crippen LogP contribution in [-0.4, -0.2) is 59.3 Å². The first-order valence-corrected chi connectivity index (χ1v) is 7.16. The lowest BCUT2D eigenvalue weighted by molar-refractivity contribution is 0.145. The molecule has 1 atom stereocenters. The Morgan fingerprint density at radius 2 is 1.79 bits per heavy atom. The molecule has 2 fully saturated rings. The van der Waals surface area contributed by atoms with Crippen molar-refractivity contribution in [2.45, 2.75) is 31.3 Å². The first-order chi connectivity index (χ1) is 9.22. The van der Waals surface area contributed by atoms with Gasteiger partial charge in [0.25, 0.3) is 0 Å². The van der Waals surface area contributed by atoms with Gasteiger partial charge in [-0.05, 0) is 38.4 Å². The number of aliphatic hydroxyl groups is 1. The van der Waals surface area contributed by atoms with Crippen LogP contribution in [-0.2, 0) is 0 Å². The predicted molar refractivity (Wildman–Crippen MR) is 74.3 cm³/mol. The molecule has 0 aliphatic carbocycles. The molecule has 1 aromatic heterocycles. The summed E-state index contributed by atoms with van der Waals surface area (Å²) in [7, 11) is 2.16. The number of likely N-dealkylation sites (tertiary alicyclic amines) is 1. The van der Waals surface area contributed by atoms with Crippen molar-refractivity contribution in [3.8, 4) is 0 Å². The predicted octanol–water partition coefficient (Wildman–Crippen LogP) is 0.857. The van der Waals surface area contributed by atoms with Gasteiger partial charge in [-0.1, -0.05) is 0 Å². The Morgan fingerprint density at radius 1 is 1.11 bits per heavy atom. The van der Waals surface area contributed by atoms with Crippen molar-refractivity contribution in [1.82, 2.24) is 14.9 Å². The molecule has 5 heteroatoms. The van der Waals surface area contributed by atoms with Crippen LogP contribution < -0.4 is 4.90 Å². The Balaban J connectivity index is 1.65. The molecule has 1 N–H and O–H groups in total. The maximum Gasteiger partial charge on any atom is 0.225 e. The van der Waals surface area contributed by atoms with Crippen molar-refractivity contribution in [2.75, 3.05) is 38.1 Å². The summed E-state index contributed by atoms with van der Waals surface area (Å²) in [4.78, 5) is 13.5. The second kappa shape index (κ2) is 5.43. The van der Waals surface area contributed by atoms with Gasteiger partial charge in [0, 0.05) is 37.9 Å². The third kappa shape index (κ3) is 2.87. The van der Waals surface area contributed by atoms with Crippen LogP contribution in [0, 0.1) is 0 Å². The Morgan fingerprint density at radius 3 is 2.37 bits per heavy atom. The number of aliphatic hydroxyl groups excluding tert-OH is 1. The highest BCUT2D eigenvalue weighted by Crippen LogP contribution is 2.26. The standard InChI is InChI=1S/C14H22N4O/c1-17-5-2-11(10-17)12-8-15-14(16-9-12)18-6-3-13(19)4-7-18/h8-9,11,13,19H,2-7,10H2,1H3. The van der Waals surface area contributed by atoms with E-state index in [1.807, 2.05) is 12.4 Å². The minimum absolute atomic E-state index is 0.149. The number of aromatic nitrogens is 2. The van der Waals surface area contributed by atoms with Gasteiger partial charge in [0.2, 0.25) is 5.95 Å². The number of hydrogen-bond donors (Lipinski definition) is 1. The lowest BCUT2D eigenvalue weighted by Crippen LogP contribution is -2.36. The number of hydrogen-bond acceptors (Lipinski definition) is 5. The zero-order chi connectivity index (χ0) is 13.2. The molecule has 0 radical (unpaired) electrons. The summed E-state index contributed by atoms with van der Waals surface area (Å²) >= 11 is 0. The van der Waals surface area contributed by atoms with Crippen LogP contribution in [0.3, 0.4) is 0 Å². The van der Waals surface area contributed by atoms with Gasteiger partial charge in [0.05, 0.1) is 6.10 Å². The van der Waals surface area contributed by atoms with Gasteiger partial charge in [0.15, 0.2) is 0 Å². The SMILES string of the molecule is CN1CCC(c2cnc(N3CCC(O)CC3)nc2)C1. The monoisotopic (exact) mass is 262 g/mol. The molecule has 5 nitrogen and oxygen atoms in total. The summed E-state index contributed by atoms with van der Waals surface area (Å²) in [6, 6.07) is 0. The van der Waals surface area contributed by atoms with E-state index in [4.69, 9.17) is 0 Å². The van der Waals surface area contributed by atoms with Gasteiger partial charge < -0.3 is 14.9 Å². The highest BCUT2D eigenvalue weighted by molar-refractivity contribution is 5.31. The molecule has 2 aliphatic heterocycles. The van der Waals surface area contributed by atoms with Crippen LogP contribution in [0.2, 0.25) is 0 Å². The zero-order valence-corrected chi connectivity index (χ0v) is 11.5. The summed E-state index contributed by atoms with van der Waals surface area (Å²) in [5.74, 6) is 1.39. The molecular formula is C14H22N4O. The first-order valence-electron chi connectivity index (χ1n) is 7.16. The Labute approximate surface area is 114 Å². The van der Waals surface area contributed by atoms with Gasteiger partial charge >= 0.3 is 0 Å². The number of piperidine rings is 1. The van der Waals surface area contributed by atoms with E-state index in [2.05, 4.69) is 26.8 Å². The van der Waals surface area contributed by atoms with Crippen molar-refractivity contribution in [2.24, 2.45) is 0 Å². The number of nitrogens with zero attached hydrogens (tertiary/aromatic N) is 4. The Hall–Kier alpha value is -1.20. The topological polar surface area (TPSA) is 52.5 Å². The number of anilines is 1. The summed E-state index contributed by atoms with van der Waals surface area (Å²) in [5.41, 5.74) is 1.25. The van der Waals surface area contributed by atoms with Crippen LogP contribution in [0.15, 0.2) is 12.4 Å². The summed E-state index contributed by atoms with van der Waals surface area (Å²) in [5, 5.41) is 9.51. The molecule has 0 bridgehead atoms. The van der Waals surface area contributed by atoms with Crippen LogP contribution in [0.4, 0.5) is 5.95 Å². The zero-order valence-electron chi connectivity index (χ0n) is 11.5. The molecule has 0 aromatic carbocycles. The molecule has 0 amide bonds. The highest BCUT2D eigenvalue weighted by atomic mass is 16.3. The molecule has 19 heavy (non-hydrogen) atoms. The fourth-order valence-corrected chi connectivity index (χ4v) is 2.98. The van der Waals surface area contributed by atoms with E-state index in [1.54, 1.807) is 0 Å². The second-order valence-electron chi connectivity index (χ2n) is 5.78. The van der Waals surface area contributed by atoms with Crippen molar-refractivity contribution < 1.29 is 5.11 Å². The van der Waals surface area contributed by atoms with Crippen molar-refractivity contribution in [3.63, 3.8) is 0 Å². The summed E-state index contributed by atoms with van der Waals surface area (Å²) in [6.45, 7) is 3.98. The van der Waals surface area contributed by atoms with Gasteiger partial charge in [-0.25, -0.2) is 9.97 Å². The largest absolute Gasteiger partial charge is 0.393 e. The van der Waals surface area contributed by atoms with E-state index in [1.165, 1.54) is 12.0 Å².